The van der Waals surface area contributed by atoms with Gasteiger partial charge in [0.2, 0.25) is 0 Å². The largest absolute Gasteiger partial charge is 0.290 e. The van der Waals surface area contributed by atoms with Gasteiger partial charge in [0.05, 0.1) is 10.7 Å². The molecule has 0 bridgehead atoms. The molecule has 0 aliphatic heterocycles. The molecule has 3 heteroatoms. The molecular formula is C17H22N2S. The molecule has 106 valence electrons. The SMILES string of the molecule is CCCc1nc(CN(Cc2ccccc2)C2CC2)cs1. The molecule has 0 saturated heterocycles. The zero-order valence-corrected chi connectivity index (χ0v) is 12.9. The molecule has 1 heterocycles. The molecule has 0 radical (unpaired) electrons. The van der Waals surface area contributed by atoms with Crippen LogP contribution in [-0.4, -0.2) is 15.9 Å². The number of benzene rings is 1. The van der Waals surface area contributed by atoms with Crippen LogP contribution in [0, 0.1) is 0 Å². The standard InChI is InChI=1S/C17H22N2S/c1-2-6-17-18-15(13-20-17)12-19(16-9-10-16)11-14-7-4-3-5-8-14/h3-5,7-8,13,16H,2,6,9-12H2,1H3. The van der Waals surface area contributed by atoms with Crippen LogP contribution >= 0.6 is 11.3 Å². The molecule has 2 nitrogen and oxygen atoms in total. The van der Waals surface area contributed by atoms with Crippen molar-refractivity contribution in [2.24, 2.45) is 0 Å². The summed E-state index contributed by atoms with van der Waals surface area (Å²) in [5.41, 5.74) is 2.66. The molecule has 1 aliphatic carbocycles. The second kappa shape index (κ2) is 6.51. The van der Waals surface area contributed by atoms with Crippen LogP contribution in [0.15, 0.2) is 35.7 Å². The minimum absolute atomic E-state index is 0.770. The molecule has 0 spiro atoms. The second-order valence-electron chi connectivity index (χ2n) is 5.60. The van der Waals surface area contributed by atoms with Crippen LogP contribution in [0.5, 0.6) is 0 Å². The number of nitrogens with zero attached hydrogens (tertiary/aromatic N) is 2. The molecule has 1 fully saturated rings. The van der Waals surface area contributed by atoms with E-state index in [2.05, 4.69) is 47.5 Å². The molecule has 0 N–H and O–H groups in total. The summed E-state index contributed by atoms with van der Waals surface area (Å²) in [7, 11) is 0. The molecule has 0 atom stereocenters. The van der Waals surface area contributed by atoms with Gasteiger partial charge in [0.25, 0.3) is 0 Å². The highest BCUT2D eigenvalue weighted by Crippen LogP contribution is 2.30. The lowest BCUT2D eigenvalue weighted by atomic mass is 10.2. The first kappa shape index (κ1) is 13.8. The topological polar surface area (TPSA) is 16.1 Å². The summed E-state index contributed by atoms with van der Waals surface area (Å²) >= 11 is 1.82. The molecular weight excluding hydrogens is 264 g/mol. The van der Waals surface area contributed by atoms with Gasteiger partial charge in [0.15, 0.2) is 0 Å². The number of thiazole rings is 1. The van der Waals surface area contributed by atoms with E-state index in [1.54, 1.807) is 0 Å². The normalized spacial score (nSPS) is 14.9. The van der Waals surface area contributed by atoms with Gasteiger partial charge < -0.3 is 0 Å². The summed E-state index contributed by atoms with van der Waals surface area (Å²) in [6.45, 7) is 4.26. The Morgan fingerprint density at radius 1 is 1.20 bits per heavy atom. The molecule has 1 aliphatic rings. The molecule has 2 aromatic rings. The van der Waals surface area contributed by atoms with E-state index in [4.69, 9.17) is 4.98 Å². The lowest BCUT2D eigenvalue weighted by Crippen LogP contribution is -2.25. The molecule has 0 unspecified atom stereocenters. The van der Waals surface area contributed by atoms with Crippen LogP contribution in [0.4, 0.5) is 0 Å². The van der Waals surface area contributed by atoms with Gasteiger partial charge >= 0.3 is 0 Å². The molecule has 20 heavy (non-hydrogen) atoms. The maximum absolute atomic E-state index is 4.77. The van der Waals surface area contributed by atoms with Crippen molar-refractivity contribution in [2.45, 2.75) is 51.7 Å². The van der Waals surface area contributed by atoms with Gasteiger partial charge in [0.1, 0.15) is 0 Å². The van der Waals surface area contributed by atoms with Crippen LogP contribution in [0.3, 0.4) is 0 Å². The summed E-state index contributed by atoms with van der Waals surface area (Å²) in [5, 5.41) is 3.53. The minimum atomic E-state index is 0.770. The first-order valence-electron chi connectivity index (χ1n) is 7.56. The van der Waals surface area contributed by atoms with Gasteiger partial charge in [-0.2, -0.15) is 0 Å². The summed E-state index contributed by atoms with van der Waals surface area (Å²) in [5.74, 6) is 0. The van der Waals surface area contributed by atoms with E-state index in [0.717, 1.165) is 25.6 Å². The van der Waals surface area contributed by atoms with E-state index in [9.17, 15) is 0 Å². The average Bonchev–Trinajstić information content (AvgIpc) is 3.22. The highest BCUT2D eigenvalue weighted by Gasteiger charge is 2.29. The van der Waals surface area contributed by atoms with Gasteiger partial charge in [0, 0.05) is 24.5 Å². The van der Waals surface area contributed by atoms with Gasteiger partial charge in [-0.15, -0.1) is 11.3 Å². The van der Waals surface area contributed by atoms with E-state index < -0.39 is 0 Å². The number of hydrogen-bond acceptors (Lipinski definition) is 3. The van der Waals surface area contributed by atoms with Gasteiger partial charge in [-0.05, 0) is 31.2 Å². The number of rotatable bonds is 7. The third-order valence-electron chi connectivity index (χ3n) is 3.72. The molecule has 1 aromatic carbocycles. The van der Waals surface area contributed by atoms with Crippen molar-refractivity contribution in [3.05, 3.63) is 52.0 Å². The fourth-order valence-electron chi connectivity index (χ4n) is 2.53. The van der Waals surface area contributed by atoms with E-state index >= 15 is 0 Å². The van der Waals surface area contributed by atoms with Gasteiger partial charge in [-0.25, -0.2) is 4.98 Å². The van der Waals surface area contributed by atoms with E-state index in [1.165, 1.54) is 35.5 Å². The molecule has 3 rings (SSSR count). The van der Waals surface area contributed by atoms with Crippen molar-refractivity contribution in [2.75, 3.05) is 0 Å². The van der Waals surface area contributed by atoms with E-state index in [-0.39, 0.29) is 0 Å². The number of aromatic nitrogens is 1. The summed E-state index contributed by atoms with van der Waals surface area (Å²) in [6.07, 6.45) is 4.99. The summed E-state index contributed by atoms with van der Waals surface area (Å²) < 4.78 is 0. The van der Waals surface area contributed by atoms with E-state index in [1.807, 2.05) is 11.3 Å². The Bertz CT molecular complexity index is 531. The summed E-state index contributed by atoms with van der Waals surface area (Å²) in [6, 6.07) is 11.6. The van der Waals surface area contributed by atoms with Gasteiger partial charge in [-0.3, -0.25) is 4.90 Å². The Morgan fingerprint density at radius 3 is 2.70 bits per heavy atom. The van der Waals surface area contributed by atoms with Crippen LogP contribution in [-0.2, 0) is 19.5 Å². The Morgan fingerprint density at radius 2 is 2.00 bits per heavy atom. The van der Waals surface area contributed by atoms with Crippen LogP contribution < -0.4 is 0 Å². The fourth-order valence-corrected chi connectivity index (χ4v) is 3.42. The maximum Gasteiger partial charge on any atom is 0.0928 e. The van der Waals surface area contributed by atoms with Crippen molar-refractivity contribution in [1.29, 1.82) is 0 Å². The first-order valence-corrected chi connectivity index (χ1v) is 8.44. The van der Waals surface area contributed by atoms with Crippen molar-refractivity contribution in [3.63, 3.8) is 0 Å². The van der Waals surface area contributed by atoms with Crippen LogP contribution in [0.2, 0.25) is 0 Å². The minimum Gasteiger partial charge on any atom is -0.290 e. The highest BCUT2D eigenvalue weighted by molar-refractivity contribution is 7.09. The van der Waals surface area contributed by atoms with Gasteiger partial charge in [-0.1, -0.05) is 37.3 Å². The number of hydrogen-bond donors (Lipinski definition) is 0. The van der Waals surface area contributed by atoms with Crippen molar-refractivity contribution >= 4 is 11.3 Å². The molecule has 1 saturated carbocycles. The Kier molecular flexibility index (Phi) is 4.48. The van der Waals surface area contributed by atoms with Crippen molar-refractivity contribution in [3.8, 4) is 0 Å². The zero-order chi connectivity index (χ0) is 13.8. The second-order valence-corrected chi connectivity index (χ2v) is 6.55. The van der Waals surface area contributed by atoms with E-state index in [0.29, 0.717) is 0 Å². The Labute approximate surface area is 125 Å². The average molecular weight is 286 g/mol. The predicted molar refractivity (Wildman–Crippen MR) is 84.8 cm³/mol. The quantitative estimate of drug-likeness (QED) is 0.756. The lowest BCUT2D eigenvalue weighted by Gasteiger charge is -2.21. The van der Waals surface area contributed by atoms with Crippen LogP contribution in [0.25, 0.3) is 0 Å². The smallest absolute Gasteiger partial charge is 0.0928 e. The maximum atomic E-state index is 4.77. The highest BCUT2D eigenvalue weighted by atomic mass is 32.1. The molecule has 0 amide bonds. The fraction of sp³-hybridized carbons (Fsp3) is 0.471. The Balaban J connectivity index is 1.65. The van der Waals surface area contributed by atoms with Crippen molar-refractivity contribution < 1.29 is 0 Å². The van der Waals surface area contributed by atoms with Crippen LogP contribution in [0.1, 0.15) is 42.5 Å². The zero-order valence-electron chi connectivity index (χ0n) is 12.1. The third-order valence-corrected chi connectivity index (χ3v) is 4.68. The Hall–Kier alpha value is -1.19. The lowest BCUT2D eigenvalue weighted by molar-refractivity contribution is 0.243. The first-order chi connectivity index (χ1) is 9.85. The number of aryl methyl sites for hydroxylation is 1. The monoisotopic (exact) mass is 286 g/mol. The molecule has 1 aromatic heterocycles. The van der Waals surface area contributed by atoms with Crippen molar-refractivity contribution in [1.82, 2.24) is 9.88 Å². The predicted octanol–water partition coefficient (Wildman–Crippen LogP) is 4.26. The third kappa shape index (κ3) is 3.68. The summed E-state index contributed by atoms with van der Waals surface area (Å²) in [4.78, 5) is 7.35.